The summed E-state index contributed by atoms with van der Waals surface area (Å²) >= 11 is 3.29. The highest BCUT2D eigenvalue weighted by Gasteiger charge is 2.38. The van der Waals surface area contributed by atoms with E-state index in [0.717, 1.165) is 4.47 Å². The average Bonchev–Trinajstić information content (AvgIpc) is 2.47. The van der Waals surface area contributed by atoms with E-state index in [1.807, 2.05) is 6.92 Å². The van der Waals surface area contributed by atoms with Gasteiger partial charge in [-0.2, -0.15) is 4.31 Å². The Hall–Kier alpha value is -1.12. The van der Waals surface area contributed by atoms with E-state index in [9.17, 15) is 8.42 Å². The Kier molecular flexibility index (Phi) is 4.60. The van der Waals surface area contributed by atoms with Crippen LogP contribution in [0.1, 0.15) is 19.8 Å². The van der Waals surface area contributed by atoms with Gasteiger partial charge in [0.15, 0.2) is 0 Å². The van der Waals surface area contributed by atoms with Gasteiger partial charge in [-0.3, -0.25) is 0 Å². The fourth-order valence-electron chi connectivity index (χ4n) is 2.35. The smallest absolute Gasteiger partial charge is 0.243 e. The van der Waals surface area contributed by atoms with Crippen molar-refractivity contribution in [2.45, 2.75) is 24.7 Å². The van der Waals surface area contributed by atoms with E-state index < -0.39 is 15.4 Å². The van der Waals surface area contributed by atoms with E-state index in [-0.39, 0.29) is 10.7 Å². The highest BCUT2D eigenvalue weighted by atomic mass is 79.9. The van der Waals surface area contributed by atoms with Crippen molar-refractivity contribution in [2.75, 3.05) is 13.1 Å². The first-order valence-electron chi connectivity index (χ1n) is 6.53. The summed E-state index contributed by atoms with van der Waals surface area (Å²) in [6.45, 7) is 2.59. The van der Waals surface area contributed by atoms with Crippen molar-refractivity contribution in [3.63, 3.8) is 0 Å². The number of hydrogen-bond donors (Lipinski definition) is 2. The van der Waals surface area contributed by atoms with Crippen LogP contribution in [0.2, 0.25) is 0 Å². The lowest BCUT2D eigenvalue weighted by atomic mass is 9.80. The lowest BCUT2D eigenvalue weighted by Crippen LogP contribution is -2.47. The molecule has 0 aliphatic carbocycles. The third-order valence-corrected chi connectivity index (χ3v) is 6.45. The number of sulfonamides is 1. The summed E-state index contributed by atoms with van der Waals surface area (Å²) in [5, 5.41) is 11.9. The highest BCUT2D eigenvalue weighted by molar-refractivity contribution is 9.10. The van der Waals surface area contributed by atoms with Crippen LogP contribution in [0.5, 0.6) is 0 Å². The molecule has 0 radical (unpaired) electrons. The van der Waals surface area contributed by atoms with Gasteiger partial charge < -0.3 is 10.9 Å². The predicted octanol–water partition coefficient (Wildman–Crippen LogP) is 1.99. The molecule has 2 rings (SSSR count). The zero-order chi connectivity index (χ0) is 15.7. The molecule has 0 aromatic heterocycles. The minimum atomic E-state index is -3.49. The first-order valence-corrected chi connectivity index (χ1v) is 8.77. The number of amidine groups is 1. The van der Waals surface area contributed by atoms with Crippen LogP contribution < -0.4 is 5.73 Å². The van der Waals surface area contributed by atoms with Gasteiger partial charge in [-0.1, -0.05) is 28.0 Å². The van der Waals surface area contributed by atoms with Crippen molar-refractivity contribution >= 4 is 31.8 Å². The van der Waals surface area contributed by atoms with E-state index in [1.54, 1.807) is 24.3 Å². The summed E-state index contributed by atoms with van der Waals surface area (Å²) in [6, 6.07) is 6.57. The zero-order valence-corrected chi connectivity index (χ0v) is 14.1. The normalized spacial score (nSPS) is 20.4. The number of rotatable bonds is 3. The van der Waals surface area contributed by atoms with E-state index in [0.29, 0.717) is 25.9 Å². The number of benzene rings is 1. The van der Waals surface area contributed by atoms with Crippen LogP contribution in [-0.4, -0.2) is 36.9 Å². The minimum Gasteiger partial charge on any atom is -0.409 e. The average molecular weight is 376 g/mol. The molecule has 0 unspecified atom stereocenters. The van der Waals surface area contributed by atoms with Crippen LogP contribution in [0.25, 0.3) is 0 Å². The van der Waals surface area contributed by atoms with Crippen LogP contribution >= 0.6 is 15.9 Å². The topological polar surface area (TPSA) is 96.0 Å². The fourth-order valence-corrected chi connectivity index (χ4v) is 4.06. The predicted molar refractivity (Wildman–Crippen MR) is 83.7 cm³/mol. The van der Waals surface area contributed by atoms with Crippen LogP contribution in [0.3, 0.4) is 0 Å². The SMILES string of the molecule is CC1(/C(N)=N/O)CCN(S(=O)(=O)c2ccc(Br)cc2)CC1. The molecule has 1 fully saturated rings. The molecule has 1 aliphatic heterocycles. The first-order chi connectivity index (χ1) is 9.79. The maximum atomic E-state index is 12.5. The molecule has 1 saturated heterocycles. The molecular weight excluding hydrogens is 358 g/mol. The molecule has 21 heavy (non-hydrogen) atoms. The number of hydrogen-bond acceptors (Lipinski definition) is 4. The van der Waals surface area contributed by atoms with Crippen molar-refractivity contribution in [1.82, 2.24) is 4.31 Å². The van der Waals surface area contributed by atoms with E-state index in [2.05, 4.69) is 21.1 Å². The molecule has 0 saturated carbocycles. The van der Waals surface area contributed by atoms with Gasteiger partial charge in [-0.05, 0) is 37.1 Å². The van der Waals surface area contributed by atoms with Crippen molar-refractivity contribution < 1.29 is 13.6 Å². The number of halogens is 1. The van der Waals surface area contributed by atoms with Crippen LogP contribution in [0.15, 0.2) is 38.8 Å². The van der Waals surface area contributed by atoms with Crippen molar-refractivity contribution in [1.29, 1.82) is 0 Å². The molecule has 6 nitrogen and oxygen atoms in total. The van der Waals surface area contributed by atoms with Gasteiger partial charge in [0.05, 0.1) is 4.90 Å². The van der Waals surface area contributed by atoms with Gasteiger partial charge in [-0.15, -0.1) is 0 Å². The van der Waals surface area contributed by atoms with Gasteiger partial charge >= 0.3 is 0 Å². The monoisotopic (exact) mass is 375 g/mol. The maximum Gasteiger partial charge on any atom is 0.243 e. The molecular formula is C13H18BrN3O3S. The molecule has 0 spiro atoms. The quantitative estimate of drug-likeness (QED) is 0.365. The third-order valence-electron chi connectivity index (χ3n) is 4.00. The summed E-state index contributed by atoms with van der Waals surface area (Å²) in [6.07, 6.45) is 1.05. The lowest BCUT2D eigenvalue weighted by Gasteiger charge is -2.37. The number of nitrogens with zero attached hydrogens (tertiary/aromatic N) is 2. The summed E-state index contributed by atoms with van der Waals surface area (Å²) in [7, 11) is -3.49. The Morgan fingerprint density at radius 3 is 2.33 bits per heavy atom. The van der Waals surface area contributed by atoms with Gasteiger partial charge in [0.25, 0.3) is 0 Å². The van der Waals surface area contributed by atoms with Crippen LogP contribution in [-0.2, 0) is 10.0 Å². The van der Waals surface area contributed by atoms with Crippen molar-refractivity contribution in [3.05, 3.63) is 28.7 Å². The highest BCUT2D eigenvalue weighted by Crippen LogP contribution is 2.33. The van der Waals surface area contributed by atoms with E-state index in [1.165, 1.54) is 4.31 Å². The second-order valence-electron chi connectivity index (χ2n) is 5.40. The summed E-state index contributed by atoms with van der Waals surface area (Å²) in [4.78, 5) is 0.276. The standard InChI is InChI=1S/C13H18BrN3O3S/c1-13(12(15)16-18)6-8-17(9-7-13)21(19,20)11-4-2-10(14)3-5-11/h2-5,18H,6-9H2,1H3,(H2,15,16). The molecule has 0 bridgehead atoms. The van der Waals surface area contributed by atoms with Crippen molar-refractivity contribution in [2.24, 2.45) is 16.3 Å². The molecule has 0 atom stereocenters. The Bertz CT molecular complexity index is 635. The zero-order valence-electron chi connectivity index (χ0n) is 11.7. The molecule has 3 N–H and O–H groups in total. The van der Waals surface area contributed by atoms with Gasteiger partial charge in [0, 0.05) is 23.0 Å². The van der Waals surface area contributed by atoms with Crippen LogP contribution in [0.4, 0.5) is 0 Å². The summed E-state index contributed by atoms with van der Waals surface area (Å²) in [5.41, 5.74) is 5.23. The molecule has 0 amide bonds. The molecule has 116 valence electrons. The second kappa shape index (κ2) is 5.94. The molecule has 8 heteroatoms. The largest absolute Gasteiger partial charge is 0.409 e. The molecule has 1 aliphatic rings. The Morgan fingerprint density at radius 1 is 1.33 bits per heavy atom. The Labute approximate surface area is 132 Å². The van der Waals surface area contributed by atoms with Gasteiger partial charge in [0.1, 0.15) is 5.84 Å². The number of piperidine rings is 1. The summed E-state index contributed by atoms with van der Waals surface area (Å²) in [5.74, 6) is 0.156. The fraction of sp³-hybridized carbons (Fsp3) is 0.462. The minimum absolute atomic E-state index is 0.156. The van der Waals surface area contributed by atoms with E-state index in [4.69, 9.17) is 10.9 Å². The van der Waals surface area contributed by atoms with Gasteiger partial charge in [-0.25, -0.2) is 8.42 Å². The third kappa shape index (κ3) is 3.22. The first kappa shape index (κ1) is 16.3. The second-order valence-corrected chi connectivity index (χ2v) is 8.26. The molecule has 1 aromatic rings. The Balaban J connectivity index is 2.16. The van der Waals surface area contributed by atoms with Crippen LogP contribution in [0, 0.1) is 5.41 Å². The Morgan fingerprint density at radius 2 is 1.86 bits per heavy atom. The lowest BCUT2D eigenvalue weighted by molar-refractivity contribution is 0.230. The van der Waals surface area contributed by atoms with Crippen molar-refractivity contribution in [3.8, 4) is 0 Å². The summed E-state index contributed by atoms with van der Waals surface area (Å²) < 4.78 is 27.4. The maximum absolute atomic E-state index is 12.5. The number of oxime groups is 1. The molecule has 1 aromatic carbocycles. The molecule has 1 heterocycles. The van der Waals surface area contributed by atoms with Gasteiger partial charge in [0.2, 0.25) is 10.0 Å². The number of nitrogens with two attached hydrogens (primary N) is 1. The van der Waals surface area contributed by atoms with E-state index >= 15 is 0 Å².